The molecule has 0 aromatic rings. The first-order valence-electron chi connectivity index (χ1n) is 7.31. The summed E-state index contributed by atoms with van der Waals surface area (Å²) in [7, 11) is 0. The highest BCUT2D eigenvalue weighted by molar-refractivity contribution is 8.14. The van der Waals surface area contributed by atoms with Crippen LogP contribution in [0.4, 0.5) is 4.79 Å². The van der Waals surface area contributed by atoms with Crippen LogP contribution in [-0.4, -0.2) is 53.1 Å². The molecule has 0 spiro atoms. The van der Waals surface area contributed by atoms with Gasteiger partial charge in [0.1, 0.15) is 5.60 Å². The van der Waals surface area contributed by atoms with Crippen LogP contribution in [0, 0.1) is 5.92 Å². The van der Waals surface area contributed by atoms with Crippen LogP contribution in [0.3, 0.4) is 0 Å². The number of nitrogens with zero attached hydrogens (tertiary/aromatic N) is 2. The van der Waals surface area contributed by atoms with Gasteiger partial charge < -0.3 is 15.0 Å². The molecule has 0 saturated carbocycles. The van der Waals surface area contributed by atoms with Crippen LogP contribution in [0.2, 0.25) is 0 Å². The highest BCUT2D eigenvalue weighted by atomic mass is 32.2. The molecular formula is C14H23N3O3S. The minimum Gasteiger partial charge on any atom is -0.444 e. The fourth-order valence-electron chi connectivity index (χ4n) is 2.30. The van der Waals surface area contributed by atoms with Crippen molar-refractivity contribution in [3.8, 4) is 0 Å². The summed E-state index contributed by atoms with van der Waals surface area (Å²) in [5.41, 5.74) is -0.512. The Bertz CT molecular complexity index is 445. The number of carbonyl (C=O) groups excluding carboxylic acids is 2. The van der Waals surface area contributed by atoms with Gasteiger partial charge in [0.25, 0.3) is 0 Å². The number of hydrogen-bond acceptors (Lipinski definition) is 5. The maximum Gasteiger partial charge on any atom is 0.410 e. The Morgan fingerprint density at radius 2 is 2.19 bits per heavy atom. The molecule has 2 aliphatic rings. The van der Waals surface area contributed by atoms with Gasteiger partial charge in [-0.2, -0.15) is 0 Å². The Morgan fingerprint density at radius 3 is 2.81 bits per heavy atom. The van der Waals surface area contributed by atoms with Crippen molar-refractivity contribution >= 4 is 28.9 Å². The van der Waals surface area contributed by atoms with E-state index >= 15 is 0 Å². The van der Waals surface area contributed by atoms with Gasteiger partial charge in [-0.1, -0.05) is 11.8 Å². The molecule has 1 N–H and O–H groups in total. The molecular weight excluding hydrogens is 290 g/mol. The predicted octanol–water partition coefficient (Wildman–Crippen LogP) is 1.85. The summed E-state index contributed by atoms with van der Waals surface area (Å²) in [6, 6.07) is 0. The quantitative estimate of drug-likeness (QED) is 0.802. The summed E-state index contributed by atoms with van der Waals surface area (Å²) in [6.07, 6.45) is 1.27. The molecule has 6 nitrogen and oxygen atoms in total. The number of amides is 2. The highest BCUT2D eigenvalue weighted by Crippen LogP contribution is 2.20. The Hall–Kier alpha value is -1.24. The lowest BCUT2D eigenvalue weighted by atomic mass is 9.97. The topological polar surface area (TPSA) is 71.0 Å². The summed E-state index contributed by atoms with van der Waals surface area (Å²) in [4.78, 5) is 30.1. The second kappa shape index (κ2) is 6.68. The van der Waals surface area contributed by atoms with E-state index in [2.05, 4.69) is 10.3 Å². The molecule has 0 aromatic heterocycles. The second-order valence-corrected chi connectivity index (χ2v) is 7.37. The first-order valence-corrected chi connectivity index (χ1v) is 8.30. The zero-order valence-corrected chi connectivity index (χ0v) is 13.7. The Labute approximate surface area is 129 Å². The number of piperidine rings is 1. The maximum atomic E-state index is 12.2. The van der Waals surface area contributed by atoms with Gasteiger partial charge in [-0.05, 0) is 33.6 Å². The summed E-state index contributed by atoms with van der Waals surface area (Å²) in [5.74, 6) is 0.691. The van der Waals surface area contributed by atoms with Crippen LogP contribution in [0.1, 0.15) is 33.6 Å². The van der Waals surface area contributed by atoms with Crippen molar-refractivity contribution in [1.82, 2.24) is 10.2 Å². The molecule has 2 rings (SSSR count). The van der Waals surface area contributed by atoms with E-state index in [4.69, 9.17) is 4.74 Å². The molecule has 21 heavy (non-hydrogen) atoms. The molecule has 0 aliphatic carbocycles. The molecule has 2 aliphatic heterocycles. The first-order chi connectivity index (χ1) is 9.85. The number of likely N-dealkylation sites (tertiary alicyclic amines) is 1. The lowest BCUT2D eigenvalue weighted by Gasteiger charge is -2.33. The van der Waals surface area contributed by atoms with E-state index in [0.29, 0.717) is 18.3 Å². The lowest BCUT2D eigenvalue weighted by molar-refractivity contribution is -0.125. The smallest absolute Gasteiger partial charge is 0.410 e. The number of carbonyl (C=O) groups is 2. The zero-order chi connectivity index (χ0) is 15.5. The lowest BCUT2D eigenvalue weighted by Crippen LogP contribution is -2.47. The first kappa shape index (κ1) is 16.1. The summed E-state index contributed by atoms with van der Waals surface area (Å²) in [5, 5.41) is 3.55. The third kappa shape index (κ3) is 4.91. The van der Waals surface area contributed by atoms with E-state index in [1.54, 1.807) is 16.7 Å². The molecule has 1 fully saturated rings. The van der Waals surface area contributed by atoms with Gasteiger partial charge >= 0.3 is 6.09 Å². The number of nitrogens with one attached hydrogen (secondary N) is 1. The van der Waals surface area contributed by atoms with E-state index in [0.717, 1.165) is 25.1 Å². The molecule has 1 atom stereocenters. The molecule has 1 saturated heterocycles. The average Bonchev–Trinajstić information content (AvgIpc) is 2.90. The summed E-state index contributed by atoms with van der Waals surface area (Å²) >= 11 is 1.56. The fraction of sp³-hybridized carbons (Fsp3) is 0.786. The molecule has 7 heteroatoms. The van der Waals surface area contributed by atoms with Crippen molar-refractivity contribution in [3.05, 3.63) is 0 Å². The van der Waals surface area contributed by atoms with Crippen molar-refractivity contribution in [2.24, 2.45) is 10.9 Å². The van der Waals surface area contributed by atoms with Gasteiger partial charge in [-0.25, -0.2) is 4.79 Å². The standard InChI is InChI=1S/C14H23N3O3S/c1-14(2,3)20-13(19)17-7-4-5-10(9-17)11(18)16-12-15-6-8-21-12/h10H,4-9H2,1-3H3,(H,15,16,18). The van der Waals surface area contributed by atoms with Crippen molar-refractivity contribution in [1.29, 1.82) is 0 Å². The van der Waals surface area contributed by atoms with Gasteiger partial charge in [-0.3, -0.25) is 9.79 Å². The molecule has 2 heterocycles. The largest absolute Gasteiger partial charge is 0.444 e. The Balaban J connectivity index is 1.87. The van der Waals surface area contributed by atoms with E-state index in [1.165, 1.54) is 0 Å². The SMILES string of the molecule is CC(C)(C)OC(=O)N1CCCC(C(=O)NC2=NCCS2)C1. The van der Waals surface area contributed by atoms with Crippen molar-refractivity contribution in [3.63, 3.8) is 0 Å². The molecule has 118 valence electrons. The van der Waals surface area contributed by atoms with Crippen molar-refractivity contribution in [2.75, 3.05) is 25.4 Å². The van der Waals surface area contributed by atoms with E-state index in [1.807, 2.05) is 20.8 Å². The van der Waals surface area contributed by atoms with Crippen LogP contribution in [-0.2, 0) is 9.53 Å². The van der Waals surface area contributed by atoms with Gasteiger partial charge in [0, 0.05) is 18.8 Å². The normalized spacial score (nSPS) is 22.7. The Kier molecular flexibility index (Phi) is 5.13. The van der Waals surface area contributed by atoms with E-state index in [-0.39, 0.29) is 17.9 Å². The number of ether oxygens (including phenoxy) is 1. The van der Waals surface area contributed by atoms with Gasteiger partial charge in [-0.15, -0.1) is 0 Å². The van der Waals surface area contributed by atoms with Crippen molar-refractivity contribution < 1.29 is 14.3 Å². The average molecular weight is 313 g/mol. The number of aliphatic imine (C=N–C) groups is 1. The van der Waals surface area contributed by atoms with Crippen LogP contribution in [0.5, 0.6) is 0 Å². The van der Waals surface area contributed by atoms with Gasteiger partial charge in [0.2, 0.25) is 5.91 Å². The van der Waals surface area contributed by atoms with E-state index < -0.39 is 5.60 Å². The minimum atomic E-state index is -0.512. The number of thioether (sulfide) groups is 1. The van der Waals surface area contributed by atoms with Gasteiger partial charge in [0.15, 0.2) is 5.17 Å². The number of hydrogen-bond donors (Lipinski definition) is 1. The third-order valence-corrected chi connectivity index (χ3v) is 4.15. The van der Waals surface area contributed by atoms with Crippen LogP contribution >= 0.6 is 11.8 Å². The Morgan fingerprint density at radius 1 is 1.43 bits per heavy atom. The molecule has 0 bridgehead atoms. The summed E-state index contributed by atoms with van der Waals surface area (Å²) in [6.45, 7) is 7.35. The van der Waals surface area contributed by atoms with Gasteiger partial charge in [0.05, 0.1) is 12.5 Å². The number of amidine groups is 1. The predicted molar refractivity (Wildman–Crippen MR) is 83.4 cm³/mol. The van der Waals surface area contributed by atoms with Crippen LogP contribution < -0.4 is 5.32 Å². The third-order valence-electron chi connectivity index (χ3n) is 3.26. The van der Waals surface area contributed by atoms with Crippen molar-refractivity contribution in [2.45, 2.75) is 39.2 Å². The molecule has 0 radical (unpaired) electrons. The molecule has 0 aromatic carbocycles. The zero-order valence-electron chi connectivity index (χ0n) is 12.8. The molecule has 1 unspecified atom stereocenters. The monoisotopic (exact) mass is 313 g/mol. The van der Waals surface area contributed by atoms with Crippen LogP contribution in [0.15, 0.2) is 4.99 Å². The fourth-order valence-corrected chi connectivity index (χ4v) is 3.03. The maximum absolute atomic E-state index is 12.2. The number of rotatable bonds is 1. The summed E-state index contributed by atoms with van der Waals surface area (Å²) < 4.78 is 5.37. The van der Waals surface area contributed by atoms with Crippen LogP contribution in [0.25, 0.3) is 0 Å². The highest BCUT2D eigenvalue weighted by Gasteiger charge is 2.31. The second-order valence-electron chi connectivity index (χ2n) is 6.29. The minimum absolute atomic E-state index is 0.0450. The molecule has 2 amide bonds. The van der Waals surface area contributed by atoms with E-state index in [9.17, 15) is 9.59 Å².